The molecule has 0 aliphatic heterocycles. The first-order chi connectivity index (χ1) is 6.25. The Hall–Kier alpha value is -1.72. The van der Waals surface area contributed by atoms with Crippen LogP contribution < -0.4 is 5.32 Å². The van der Waals surface area contributed by atoms with Gasteiger partial charge in [-0.3, -0.25) is 10.1 Å². The second-order valence-electron chi connectivity index (χ2n) is 2.44. The molecule has 0 bridgehead atoms. The van der Waals surface area contributed by atoms with E-state index in [1.54, 1.807) is 0 Å². The number of hydrogen-bond acceptors (Lipinski definition) is 5. The van der Waals surface area contributed by atoms with Gasteiger partial charge in [-0.25, -0.2) is 9.97 Å². The van der Waals surface area contributed by atoms with Crippen molar-refractivity contribution in [2.75, 3.05) is 11.9 Å². The maximum atomic E-state index is 10.5. The highest BCUT2D eigenvalue weighted by Gasteiger charge is 2.13. The highest BCUT2D eigenvalue weighted by Crippen LogP contribution is 2.18. The molecular weight excluding hydrogens is 172 g/mol. The lowest BCUT2D eigenvalue weighted by Crippen LogP contribution is -2.05. The zero-order valence-corrected chi connectivity index (χ0v) is 7.23. The van der Waals surface area contributed by atoms with E-state index in [4.69, 9.17) is 0 Å². The zero-order valence-electron chi connectivity index (χ0n) is 7.23. The van der Waals surface area contributed by atoms with Crippen LogP contribution in [0.2, 0.25) is 0 Å². The van der Waals surface area contributed by atoms with Gasteiger partial charge in [-0.05, 0) is 6.42 Å². The SMILES string of the molecule is CCCNc1ncncc1[N+](=O)[O-]. The number of anilines is 1. The summed E-state index contributed by atoms with van der Waals surface area (Å²) in [7, 11) is 0. The first-order valence-corrected chi connectivity index (χ1v) is 3.94. The molecule has 0 spiro atoms. The van der Waals surface area contributed by atoms with Gasteiger partial charge in [-0.1, -0.05) is 6.92 Å². The monoisotopic (exact) mass is 182 g/mol. The fraction of sp³-hybridized carbons (Fsp3) is 0.429. The van der Waals surface area contributed by atoms with Crippen LogP contribution in [0.4, 0.5) is 11.5 Å². The van der Waals surface area contributed by atoms with Crippen LogP contribution in [0.5, 0.6) is 0 Å². The summed E-state index contributed by atoms with van der Waals surface area (Å²) >= 11 is 0. The number of hydrogen-bond donors (Lipinski definition) is 1. The van der Waals surface area contributed by atoms with E-state index in [1.165, 1.54) is 12.5 Å². The lowest BCUT2D eigenvalue weighted by atomic mass is 10.4. The molecule has 1 N–H and O–H groups in total. The summed E-state index contributed by atoms with van der Waals surface area (Å²) in [5.74, 6) is 0.279. The third-order valence-electron chi connectivity index (χ3n) is 1.43. The lowest BCUT2D eigenvalue weighted by molar-refractivity contribution is -0.384. The maximum Gasteiger partial charge on any atom is 0.329 e. The first-order valence-electron chi connectivity index (χ1n) is 3.94. The largest absolute Gasteiger partial charge is 0.364 e. The van der Waals surface area contributed by atoms with Gasteiger partial charge in [0.1, 0.15) is 12.5 Å². The molecule has 1 heterocycles. The Bertz CT molecular complexity index is 302. The average Bonchev–Trinajstić information content (AvgIpc) is 2.15. The van der Waals surface area contributed by atoms with E-state index in [0.717, 1.165) is 6.42 Å². The smallest absolute Gasteiger partial charge is 0.329 e. The van der Waals surface area contributed by atoms with E-state index < -0.39 is 4.92 Å². The van der Waals surface area contributed by atoms with Crippen LogP contribution in [0.25, 0.3) is 0 Å². The van der Waals surface area contributed by atoms with Gasteiger partial charge in [0.05, 0.1) is 4.92 Å². The topological polar surface area (TPSA) is 81.0 Å². The fourth-order valence-corrected chi connectivity index (χ4v) is 0.835. The van der Waals surface area contributed by atoms with Crippen LogP contribution in [0.1, 0.15) is 13.3 Å². The Morgan fingerprint density at radius 1 is 1.69 bits per heavy atom. The van der Waals surface area contributed by atoms with E-state index in [1.807, 2.05) is 6.92 Å². The van der Waals surface area contributed by atoms with Gasteiger partial charge in [0.15, 0.2) is 0 Å². The van der Waals surface area contributed by atoms with Crippen molar-refractivity contribution < 1.29 is 4.92 Å². The summed E-state index contributed by atoms with van der Waals surface area (Å²) in [6, 6.07) is 0. The first kappa shape index (κ1) is 9.37. The van der Waals surface area contributed by atoms with Crippen molar-refractivity contribution >= 4 is 11.5 Å². The molecule has 0 unspecified atom stereocenters. The summed E-state index contributed by atoms with van der Waals surface area (Å²) in [4.78, 5) is 17.3. The molecule has 0 fully saturated rings. The van der Waals surface area contributed by atoms with Crippen LogP contribution in [0.3, 0.4) is 0 Å². The molecule has 0 aliphatic carbocycles. The molecule has 13 heavy (non-hydrogen) atoms. The van der Waals surface area contributed by atoms with E-state index in [0.29, 0.717) is 6.54 Å². The van der Waals surface area contributed by atoms with Gasteiger partial charge in [0.25, 0.3) is 0 Å². The Balaban J connectivity index is 2.84. The minimum atomic E-state index is -0.502. The fourth-order valence-electron chi connectivity index (χ4n) is 0.835. The predicted octanol–water partition coefficient (Wildman–Crippen LogP) is 1.21. The van der Waals surface area contributed by atoms with Crippen LogP contribution >= 0.6 is 0 Å². The normalized spacial score (nSPS) is 9.62. The third kappa shape index (κ3) is 2.36. The summed E-state index contributed by atoms with van der Waals surface area (Å²) < 4.78 is 0. The molecule has 6 heteroatoms. The minimum absolute atomic E-state index is 0.0871. The van der Waals surface area contributed by atoms with Gasteiger partial charge in [-0.2, -0.15) is 0 Å². The number of nitro groups is 1. The van der Waals surface area contributed by atoms with Gasteiger partial charge >= 0.3 is 5.69 Å². The zero-order chi connectivity index (χ0) is 9.68. The Kier molecular flexibility index (Phi) is 3.13. The number of aromatic nitrogens is 2. The van der Waals surface area contributed by atoms with E-state index in [2.05, 4.69) is 15.3 Å². The second-order valence-corrected chi connectivity index (χ2v) is 2.44. The van der Waals surface area contributed by atoms with Crippen molar-refractivity contribution in [2.45, 2.75) is 13.3 Å². The van der Waals surface area contributed by atoms with Gasteiger partial charge in [-0.15, -0.1) is 0 Å². The molecule has 1 aromatic heterocycles. The quantitative estimate of drug-likeness (QED) is 0.559. The highest BCUT2D eigenvalue weighted by atomic mass is 16.6. The third-order valence-corrected chi connectivity index (χ3v) is 1.43. The molecule has 6 nitrogen and oxygen atoms in total. The van der Waals surface area contributed by atoms with Gasteiger partial charge in [0, 0.05) is 6.54 Å². The summed E-state index contributed by atoms with van der Waals surface area (Å²) in [6.45, 7) is 2.64. The molecule has 0 aromatic carbocycles. The van der Waals surface area contributed by atoms with Crippen molar-refractivity contribution in [3.8, 4) is 0 Å². The van der Waals surface area contributed by atoms with Crippen molar-refractivity contribution in [3.63, 3.8) is 0 Å². The van der Waals surface area contributed by atoms with Gasteiger partial charge in [0.2, 0.25) is 5.82 Å². The van der Waals surface area contributed by atoms with Crippen molar-refractivity contribution in [1.29, 1.82) is 0 Å². The summed E-state index contributed by atoms with van der Waals surface area (Å²) in [5, 5.41) is 13.3. The summed E-state index contributed by atoms with van der Waals surface area (Å²) in [6.07, 6.45) is 3.36. The number of nitrogens with one attached hydrogen (secondary N) is 1. The van der Waals surface area contributed by atoms with Crippen LogP contribution in [0.15, 0.2) is 12.5 Å². The molecule has 0 saturated heterocycles. The molecule has 0 saturated carbocycles. The number of rotatable bonds is 4. The predicted molar refractivity (Wildman–Crippen MR) is 47.5 cm³/mol. The molecule has 0 aliphatic rings. The molecule has 0 radical (unpaired) electrons. The van der Waals surface area contributed by atoms with E-state index in [9.17, 15) is 10.1 Å². The lowest BCUT2D eigenvalue weighted by Gasteiger charge is -2.02. The average molecular weight is 182 g/mol. The van der Waals surface area contributed by atoms with Crippen molar-refractivity contribution in [2.24, 2.45) is 0 Å². The number of nitrogens with zero attached hydrogens (tertiary/aromatic N) is 3. The molecule has 70 valence electrons. The van der Waals surface area contributed by atoms with E-state index >= 15 is 0 Å². The van der Waals surface area contributed by atoms with Crippen LogP contribution in [0, 0.1) is 10.1 Å². The highest BCUT2D eigenvalue weighted by molar-refractivity contribution is 5.53. The van der Waals surface area contributed by atoms with Crippen LogP contribution in [-0.4, -0.2) is 21.4 Å². The molecular formula is C7H10N4O2. The Morgan fingerprint density at radius 3 is 3.08 bits per heavy atom. The van der Waals surface area contributed by atoms with Gasteiger partial charge < -0.3 is 5.32 Å². The minimum Gasteiger partial charge on any atom is -0.364 e. The second kappa shape index (κ2) is 4.34. The Labute approximate surface area is 75.2 Å². The maximum absolute atomic E-state index is 10.5. The molecule has 0 amide bonds. The molecule has 1 aromatic rings. The Morgan fingerprint density at radius 2 is 2.46 bits per heavy atom. The van der Waals surface area contributed by atoms with Crippen molar-refractivity contribution in [3.05, 3.63) is 22.6 Å². The van der Waals surface area contributed by atoms with Crippen molar-refractivity contribution in [1.82, 2.24) is 9.97 Å². The molecule has 0 atom stereocenters. The van der Waals surface area contributed by atoms with E-state index in [-0.39, 0.29) is 11.5 Å². The molecule has 1 rings (SSSR count). The summed E-state index contributed by atoms with van der Waals surface area (Å²) in [5.41, 5.74) is -0.0871. The van der Waals surface area contributed by atoms with Crippen LogP contribution in [-0.2, 0) is 0 Å². The standard InChI is InChI=1S/C7H10N4O2/c1-2-3-9-7-6(11(12)13)4-8-5-10-7/h4-5H,2-3H2,1H3,(H,8,9,10).